The maximum Gasteiger partial charge on any atom is 0.336 e. The van der Waals surface area contributed by atoms with Gasteiger partial charge in [-0.05, 0) is 0 Å². The van der Waals surface area contributed by atoms with E-state index in [9.17, 15) is 9.18 Å². The highest BCUT2D eigenvalue weighted by Gasteiger charge is 2.27. The first-order chi connectivity index (χ1) is 9.65. The van der Waals surface area contributed by atoms with Crippen LogP contribution < -0.4 is 5.73 Å². The summed E-state index contributed by atoms with van der Waals surface area (Å²) < 4.78 is 24.1. The first kappa shape index (κ1) is 14.9. The fourth-order valence-corrected chi connectivity index (χ4v) is 2.27. The van der Waals surface area contributed by atoms with Crippen LogP contribution in [0.3, 0.4) is 0 Å². The van der Waals surface area contributed by atoms with E-state index < -0.39 is 12.1 Å². The predicted molar refractivity (Wildman–Crippen MR) is 71.3 cm³/mol. The predicted octanol–water partition coefficient (Wildman–Crippen LogP) is 0.658. The van der Waals surface area contributed by atoms with E-state index in [0.29, 0.717) is 37.4 Å². The van der Waals surface area contributed by atoms with E-state index in [0.717, 1.165) is 0 Å². The number of nitrogens with two attached hydrogens (primary N) is 1. The lowest BCUT2D eigenvalue weighted by Crippen LogP contribution is -2.46. The van der Waals surface area contributed by atoms with Crippen LogP contribution in [0.25, 0.3) is 0 Å². The molecule has 1 heterocycles. The van der Waals surface area contributed by atoms with Crippen LogP contribution in [-0.2, 0) is 27.4 Å². The number of rotatable bonds is 4. The van der Waals surface area contributed by atoms with E-state index in [1.165, 1.54) is 7.11 Å². The van der Waals surface area contributed by atoms with Crippen molar-refractivity contribution in [2.45, 2.75) is 19.2 Å². The molecule has 0 radical (unpaired) electrons. The van der Waals surface area contributed by atoms with E-state index in [4.69, 9.17) is 10.5 Å². The molecule has 0 saturated carbocycles. The van der Waals surface area contributed by atoms with Gasteiger partial charge in [-0.3, -0.25) is 4.90 Å². The molecule has 2 rings (SSSR count). The molecule has 0 bridgehead atoms. The normalized spacial score (nSPS) is 19.9. The molecule has 6 heteroatoms. The van der Waals surface area contributed by atoms with Gasteiger partial charge in [-0.15, -0.1) is 0 Å². The van der Waals surface area contributed by atoms with Crippen LogP contribution in [0.4, 0.5) is 4.39 Å². The summed E-state index contributed by atoms with van der Waals surface area (Å²) in [6.45, 7) is 2.08. The lowest BCUT2D eigenvalue weighted by Gasteiger charge is -2.31. The Morgan fingerprint density at radius 1 is 1.55 bits per heavy atom. The third-order valence-electron chi connectivity index (χ3n) is 3.39. The lowest BCUT2D eigenvalue weighted by atomic mass is 10.1. The number of carbonyl (C=O) groups excluding carboxylic acids is 1. The van der Waals surface area contributed by atoms with E-state index in [-0.39, 0.29) is 12.4 Å². The maximum atomic E-state index is 14.1. The number of esters is 1. The third-order valence-corrected chi connectivity index (χ3v) is 3.39. The molecule has 0 spiro atoms. The maximum absolute atomic E-state index is 14.1. The van der Waals surface area contributed by atoms with Crippen molar-refractivity contribution in [3.63, 3.8) is 0 Å². The quantitative estimate of drug-likeness (QED) is 0.822. The summed E-state index contributed by atoms with van der Waals surface area (Å²) in [6.07, 6.45) is -0.602. The minimum Gasteiger partial charge on any atom is -0.467 e. The Hall–Kier alpha value is -1.50. The van der Waals surface area contributed by atoms with Gasteiger partial charge in [0, 0.05) is 37.3 Å². The lowest BCUT2D eigenvalue weighted by molar-refractivity contribution is -0.160. The number of hydrogen-bond acceptors (Lipinski definition) is 5. The number of carbonyl (C=O) groups is 1. The van der Waals surface area contributed by atoms with Crippen molar-refractivity contribution in [2.24, 2.45) is 5.73 Å². The third kappa shape index (κ3) is 3.33. The number of morpholine rings is 1. The van der Waals surface area contributed by atoms with E-state index in [1.807, 2.05) is 4.90 Å². The molecule has 1 aliphatic rings. The Labute approximate surface area is 117 Å². The van der Waals surface area contributed by atoms with Gasteiger partial charge in [0.1, 0.15) is 5.82 Å². The van der Waals surface area contributed by atoms with Crippen molar-refractivity contribution in [1.29, 1.82) is 0 Å². The summed E-state index contributed by atoms with van der Waals surface area (Å²) in [4.78, 5) is 13.4. The zero-order valence-corrected chi connectivity index (χ0v) is 11.5. The SMILES string of the molecule is COC(=O)C1CN(Cc2cccc(CN)c2F)CCO1. The van der Waals surface area contributed by atoms with Gasteiger partial charge >= 0.3 is 5.97 Å². The van der Waals surface area contributed by atoms with Gasteiger partial charge in [-0.1, -0.05) is 18.2 Å². The average molecular weight is 282 g/mol. The average Bonchev–Trinajstić information content (AvgIpc) is 2.49. The van der Waals surface area contributed by atoms with Crippen LogP contribution in [0, 0.1) is 5.82 Å². The first-order valence-electron chi connectivity index (χ1n) is 6.53. The van der Waals surface area contributed by atoms with Gasteiger partial charge in [0.15, 0.2) is 6.10 Å². The Bertz CT molecular complexity index is 481. The summed E-state index contributed by atoms with van der Waals surface area (Å²) in [7, 11) is 1.33. The van der Waals surface area contributed by atoms with Crippen LogP contribution in [0.1, 0.15) is 11.1 Å². The minimum absolute atomic E-state index is 0.174. The zero-order chi connectivity index (χ0) is 14.5. The Morgan fingerprint density at radius 3 is 3.00 bits per heavy atom. The molecule has 110 valence electrons. The Kier molecular flexibility index (Phi) is 5.05. The van der Waals surface area contributed by atoms with E-state index in [2.05, 4.69) is 4.74 Å². The topological polar surface area (TPSA) is 64.8 Å². The highest BCUT2D eigenvalue weighted by Crippen LogP contribution is 2.17. The molecule has 0 aliphatic carbocycles. The molecule has 1 aliphatic heterocycles. The highest BCUT2D eigenvalue weighted by atomic mass is 19.1. The molecule has 1 atom stereocenters. The number of halogens is 1. The van der Waals surface area contributed by atoms with Gasteiger partial charge < -0.3 is 15.2 Å². The van der Waals surface area contributed by atoms with Crippen LogP contribution in [0.2, 0.25) is 0 Å². The molecular weight excluding hydrogens is 263 g/mol. The molecule has 1 saturated heterocycles. The van der Waals surface area contributed by atoms with Crippen molar-refractivity contribution >= 4 is 5.97 Å². The molecule has 1 unspecified atom stereocenters. The van der Waals surface area contributed by atoms with Crippen LogP contribution in [-0.4, -0.2) is 43.8 Å². The second-order valence-corrected chi connectivity index (χ2v) is 4.71. The Balaban J connectivity index is 2.04. The van der Waals surface area contributed by atoms with Crippen molar-refractivity contribution < 1.29 is 18.7 Å². The van der Waals surface area contributed by atoms with E-state index >= 15 is 0 Å². The molecule has 5 nitrogen and oxygen atoms in total. The first-order valence-corrected chi connectivity index (χ1v) is 6.53. The second kappa shape index (κ2) is 6.78. The van der Waals surface area contributed by atoms with Crippen LogP contribution in [0.5, 0.6) is 0 Å². The summed E-state index contributed by atoms with van der Waals surface area (Å²) in [6, 6.07) is 5.20. The molecule has 1 fully saturated rings. The minimum atomic E-state index is -0.602. The number of benzene rings is 1. The van der Waals surface area contributed by atoms with Crippen molar-refractivity contribution in [1.82, 2.24) is 4.90 Å². The number of ether oxygens (including phenoxy) is 2. The monoisotopic (exact) mass is 282 g/mol. The van der Waals surface area contributed by atoms with Crippen molar-refractivity contribution in [2.75, 3.05) is 26.8 Å². The number of hydrogen-bond donors (Lipinski definition) is 1. The van der Waals surface area contributed by atoms with Gasteiger partial charge in [0.05, 0.1) is 13.7 Å². The molecule has 0 aromatic heterocycles. The second-order valence-electron chi connectivity index (χ2n) is 4.71. The summed E-state index contributed by atoms with van der Waals surface area (Å²) in [5.41, 5.74) is 6.58. The molecule has 1 aromatic rings. The largest absolute Gasteiger partial charge is 0.467 e. The van der Waals surface area contributed by atoms with Gasteiger partial charge in [-0.2, -0.15) is 0 Å². The Morgan fingerprint density at radius 2 is 2.30 bits per heavy atom. The molecular formula is C14H19FN2O3. The van der Waals surface area contributed by atoms with Gasteiger partial charge in [-0.25, -0.2) is 9.18 Å². The van der Waals surface area contributed by atoms with Gasteiger partial charge in [0.25, 0.3) is 0 Å². The van der Waals surface area contributed by atoms with Crippen LogP contribution >= 0.6 is 0 Å². The fourth-order valence-electron chi connectivity index (χ4n) is 2.27. The summed E-state index contributed by atoms with van der Waals surface area (Å²) in [5, 5.41) is 0. The standard InChI is InChI=1S/C14H19FN2O3/c1-19-14(18)12-9-17(5-6-20-12)8-11-4-2-3-10(7-16)13(11)15/h2-4,12H,5-9,16H2,1H3. The summed E-state index contributed by atoms with van der Waals surface area (Å²) >= 11 is 0. The fraction of sp³-hybridized carbons (Fsp3) is 0.500. The molecule has 0 amide bonds. The smallest absolute Gasteiger partial charge is 0.336 e. The van der Waals surface area contributed by atoms with Gasteiger partial charge in [0.2, 0.25) is 0 Å². The van der Waals surface area contributed by atoms with Crippen LogP contribution in [0.15, 0.2) is 18.2 Å². The zero-order valence-electron chi connectivity index (χ0n) is 11.5. The number of nitrogens with zero attached hydrogens (tertiary/aromatic N) is 1. The number of methoxy groups -OCH3 is 1. The van der Waals surface area contributed by atoms with Crippen molar-refractivity contribution in [3.05, 3.63) is 35.1 Å². The van der Waals surface area contributed by atoms with Crippen molar-refractivity contribution in [3.8, 4) is 0 Å². The molecule has 2 N–H and O–H groups in total. The molecule has 1 aromatic carbocycles. The molecule has 20 heavy (non-hydrogen) atoms. The van der Waals surface area contributed by atoms with E-state index in [1.54, 1.807) is 18.2 Å². The highest BCUT2D eigenvalue weighted by molar-refractivity contribution is 5.74. The summed E-state index contributed by atoms with van der Waals surface area (Å²) in [5.74, 6) is -0.665.